The van der Waals surface area contributed by atoms with Gasteiger partial charge >= 0.3 is 0 Å². The van der Waals surface area contributed by atoms with Crippen molar-refractivity contribution in [2.24, 2.45) is 5.41 Å². The summed E-state index contributed by atoms with van der Waals surface area (Å²) < 4.78 is 5.88. The highest BCUT2D eigenvalue weighted by molar-refractivity contribution is 5.83. The minimum absolute atomic E-state index is 0.162. The van der Waals surface area contributed by atoms with Crippen LogP contribution in [0.15, 0.2) is 0 Å². The molecule has 0 aromatic rings. The Morgan fingerprint density at radius 2 is 2.15 bits per heavy atom. The van der Waals surface area contributed by atoms with E-state index in [2.05, 4.69) is 17.6 Å². The van der Waals surface area contributed by atoms with E-state index in [9.17, 15) is 4.79 Å². The molecule has 1 saturated heterocycles. The first kappa shape index (κ1) is 15.8. The molecule has 0 spiro atoms. The predicted molar refractivity (Wildman–Crippen MR) is 80.7 cm³/mol. The second kappa shape index (κ2) is 7.99. The number of hydrogen-bond donors (Lipinski definition) is 2. The molecule has 1 aliphatic carbocycles. The summed E-state index contributed by atoms with van der Waals surface area (Å²) in [5.74, 6) is 0.225. The van der Waals surface area contributed by atoms with Gasteiger partial charge in [-0.2, -0.15) is 0 Å². The lowest BCUT2D eigenvalue weighted by Crippen LogP contribution is -2.42. The maximum Gasteiger partial charge on any atom is 0.227 e. The van der Waals surface area contributed by atoms with Gasteiger partial charge in [-0.1, -0.05) is 26.2 Å². The van der Waals surface area contributed by atoms with E-state index in [4.69, 9.17) is 4.74 Å². The molecule has 1 unspecified atom stereocenters. The second-order valence-electron chi connectivity index (χ2n) is 6.30. The Kier molecular flexibility index (Phi) is 6.30. The summed E-state index contributed by atoms with van der Waals surface area (Å²) in [7, 11) is 0. The maximum absolute atomic E-state index is 12.3. The molecule has 116 valence electrons. The fourth-order valence-corrected chi connectivity index (χ4v) is 3.34. The maximum atomic E-state index is 12.3. The molecule has 0 aromatic heterocycles. The zero-order valence-corrected chi connectivity index (χ0v) is 12.9. The van der Waals surface area contributed by atoms with Crippen LogP contribution in [0, 0.1) is 5.41 Å². The third-order valence-corrected chi connectivity index (χ3v) is 4.91. The van der Waals surface area contributed by atoms with Gasteiger partial charge in [0.2, 0.25) is 5.91 Å². The van der Waals surface area contributed by atoms with Crippen molar-refractivity contribution < 1.29 is 9.53 Å². The lowest BCUT2D eigenvalue weighted by atomic mass is 9.83. The van der Waals surface area contributed by atoms with Crippen LogP contribution < -0.4 is 10.6 Å². The molecular formula is C16H30N2O2. The molecule has 0 bridgehead atoms. The minimum atomic E-state index is -0.162. The average Bonchev–Trinajstić information content (AvgIpc) is 2.98. The molecule has 20 heavy (non-hydrogen) atoms. The van der Waals surface area contributed by atoms with Gasteiger partial charge in [0, 0.05) is 19.7 Å². The highest BCUT2D eigenvalue weighted by atomic mass is 16.5. The number of carbonyl (C=O) groups excluding carboxylic acids is 1. The summed E-state index contributed by atoms with van der Waals surface area (Å²) in [5.41, 5.74) is -0.162. The summed E-state index contributed by atoms with van der Waals surface area (Å²) in [6.07, 6.45) is 9.71. The number of ether oxygens (including phenoxy) is 1. The second-order valence-corrected chi connectivity index (χ2v) is 6.30. The molecule has 2 fully saturated rings. The van der Waals surface area contributed by atoms with Gasteiger partial charge in [0.05, 0.1) is 11.5 Å². The summed E-state index contributed by atoms with van der Waals surface area (Å²) >= 11 is 0. The van der Waals surface area contributed by atoms with Crippen molar-refractivity contribution in [2.75, 3.05) is 26.2 Å². The quantitative estimate of drug-likeness (QED) is 0.704. The monoisotopic (exact) mass is 282 g/mol. The van der Waals surface area contributed by atoms with E-state index < -0.39 is 0 Å². The summed E-state index contributed by atoms with van der Waals surface area (Å²) in [6, 6.07) is 0. The highest BCUT2D eigenvalue weighted by Crippen LogP contribution is 2.29. The fourth-order valence-electron chi connectivity index (χ4n) is 3.34. The molecule has 2 rings (SSSR count). The number of nitrogens with one attached hydrogen (secondary N) is 2. The van der Waals surface area contributed by atoms with E-state index in [-0.39, 0.29) is 11.3 Å². The first-order chi connectivity index (χ1) is 9.77. The van der Waals surface area contributed by atoms with Gasteiger partial charge in [0.1, 0.15) is 0 Å². The Hall–Kier alpha value is -0.610. The fraction of sp³-hybridized carbons (Fsp3) is 0.938. The van der Waals surface area contributed by atoms with Crippen LogP contribution in [0.4, 0.5) is 0 Å². The van der Waals surface area contributed by atoms with Crippen LogP contribution in [0.1, 0.15) is 58.3 Å². The van der Waals surface area contributed by atoms with E-state index in [1.54, 1.807) is 0 Å². The Bertz CT molecular complexity index is 295. The smallest absolute Gasteiger partial charge is 0.227 e. The van der Waals surface area contributed by atoms with Crippen LogP contribution in [0.5, 0.6) is 0 Å². The number of rotatable bonds is 7. The molecular weight excluding hydrogens is 252 g/mol. The van der Waals surface area contributed by atoms with Crippen molar-refractivity contribution in [1.29, 1.82) is 0 Å². The molecule has 2 aliphatic rings. The van der Waals surface area contributed by atoms with Gasteiger partial charge in [-0.3, -0.25) is 4.79 Å². The Balaban J connectivity index is 1.57. The van der Waals surface area contributed by atoms with Crippen molar-refractivity contribution in [3.05, 3.63) is 0 Å². The lowest BCUT2D eigenvalue weighted by molar-refractivity contribution is -0.130. The minimum Gasteiger partial charge on any atom is -0.378 e. The van der Waals surface area contributed by atoms with Crippen LogP contribution >= 0.6 is 0 Å². The SMILES string of the molecule is CCC1(C(=O)NCCCOC2CCCCC2)CCNC1. The van der Waals surface area contributed by atoms with Crippen LogP contribution in [0.2, 0.25) is 0 Å². The van der Waals surface area contributed by atoms with Crippen LogP contribution in [0.3, 0.4) is 0 Å². The zero-order valence-electron chi connectivity index (χ0n) is 12.9. The van der Waals surface area contributed by atoms with Crippen LogP contribution in [-0.4, -0.2) is 38.3 Å². The van der Waals surface area contributed by atoms with Gasteiger partial charge in [-0.05, 0) is 38.6 Å². The van der Waals surface area contributed by atoms with E-state index in [1.807, 2.05) is 0 Å². The normalized spacial score (nSPS) is 27.6. The number of carbonyl (C=O) groups is 1. The molecule has 1 amide bonds. The Morgan fingerprint density at radius 3 is 2.80 bits per heavy atom. The van der Waals surface area contributed by atoms with Gasteiger partial charge in [-0.25, -0.2) is 0 Å². The topological polar surface area (TPSA) is 50.4 Å². The molecule has 1 heterocycles. The molecule has 4 nitrogen and oxygen atoms in total. The molecule has 0 radical (unpaired) electrons. The molecule has 1 atom stereocenters. The number of amides is 1. The lowest BCUT2D eigenvalue weighted by Gasteiger charge is -2.25. The van der Waals surface area contributed by atoms with Crippen molar-refractivity contribution in [3.8, 4) is 0 Å². The van der Waals surface area contributed by atoms with Crippen molar-refractivity contribution in [1.82, 2.24) is 10.6 Å². The summed E-state index contributed by atoms with van der Waals surface area (Å²) in [6.45, 7) is 5.42. The Labute approximate surface area is 123 Å². The van der Waals surface area contributed by atoms with Gasteiger partial charge in [-0.15, -0.1) is 0 Å². The molecule has 1 saturated carbocycles. The van der Waals surface area contributed by atoms with Crippen LogP contribution in [-0.2, 0) is 9.53 Å². The highest BCUT2D eigenvalue weighted by Gasteiger charge is 2.38. The molecule has 2 N–H and O–H groups in total. The van der Waals surface area contributed by atoms with E-state index >= 15 is 0 Å². The van der Waals surface area contributed by atoms with Gasteiger partial charge < -0.3 is 15.4 Å². The largest absolute Gasteiger partial charge is 0.378 e. The molecule has 4 heteroatoms. The molecule has 1 aliphatic heterocycles. The predicted octanol–water partition coefficient (Wildman–Crippen LogP) is 2.23. The van der Waals surface area contributed by atoms with Crippen molar-refractivity contribution >= 4 is 5.91 Å². The van der Waals surface area contributed by atoms with Gasteiger partial charge in [0.25, 0.3) is 0 Å². The summed E-state index contributed by atoms with van der Waals surface area (Å²) in [5, 5.41) is 6.40. The van der Waals surface area contributed by atoms with E-state index in [0.717, 1.165) is 45.5 Å². The third kappa shape index (κ3) is 4.19. The third-order valence-electron chi connectivity index (χ3n) is 4.91. The van der Waals surface area contributed by atoms with Gasteiger partial charge in [0.15, 0.2) is 0 Å². The molecule has 0 aromatic carbocycles. The standard InChI is InChI=1S/C16H30N2O2/c1-2-16(9-11-17-13-16)15(19)18-10-6-12-20-14-7-4-3-5-8-14/h14,17H,2-13H2,1H3,(H,18,19). The average molecular weight is 282 g/mol. The van der Waals surface area contributed by atoms with Crippen molar-refractivity contribution in [3.63, 3.8) is 0 Å². The number of hydrogen-bond acceptors (Lipinski definition) is 3. The van der Waals surface area contributed by atoms with Crippen molar-refractivity contribution in [2.45, 2.75) is 64.4 Å². The first-order valence-corrected chi connectivity index (χ1v) is 8.37. The Morgan fingerprint density at radius 1 is 1.35 bits per heavy atom. The zero-order chi connectivity index (χ0) is 14.3. The summed E-state index contributed by atoms with van der Waals surface area (Å²) in [4.78, 5) is 12.3. The van der Waals surface area contributed by atoms with E-state index in [1.165, 1.54) is 32.1 Å². The first-order valence-electron chi connectivity index (χ1n) is 8.37. The van der Waals surface area contributed by atoms with E-state index in [0.29, 0.717) is 6.10 Å². The van der Waals surface area contributed by atoms with Crippen LogP contribution in [0.25, 0.3) is 0 Å².